The van der Waals surface area contributed by atoms with Gasteiger partial charge in [0.15, 0.2) is 0 Å². The monoisotopic (exact) mass is 180 g/mol. The maximum atomic E-state index is 8.45. The first-order chi connectivity index (χ1) is 6.86. The second-order valence-electron chi connectivity index (χ2n) is 2.67. The Morgan fingerprint density at radius 3 is 2.29 bits per heavy atom. The number of rotatable bonds is 1. The first-order valence-corrected chi connectivity index (χ1v) is 4.18. The molecular formula is C12H8N2. The summed E-state index contributed by atoms with van der Waals surface area (Å²) in [6, 6.07) is 11.5. The third kappa shape index (κ3) is 3.02. The van der Waals surface area contributed by atoms with E-state index in [4.69, 9.17) is 10.5 Å². The standard InChI is InChI=1S/C12H8N2/c13-9-2-1-3-11-4-6-12(7-5-11)8-10-14/h4-7H,2,8H2. The molecule has 0 fully saturated rings. The van der Waals surface area contributed by atoms with Gasteiger partial charge in [-0.25, -0.2) is 0 Å². The molecule has 0 radical (unpaired) electrons. The van der Waals surface area contributed by atoms with Crippen molar-refractivity contribution in [3.8, 4) is 24.0 Å². The molecule has 1 aromatic carbocycles. The maximum Gasteiger partial charge on any atom is 0.0966 e. The molecule has 2 heteroatoms. The molecule has 0 aliphatic heterocycles. The van der Waals surface area contributed by atoms with Gasteiger partial charge in [0.05, 0.1) is 25.0 Å². The van der Waals surface area contributed by atoms with Crippen LogP contribution in [0, 0.1) is 34.5 Å². The first-order valence-electron chi connectivity index (χ1n) is 4.18. The average molecular weight is 180 g/mol. The molecule has 0 saturated heterocycles. The molecule has 0 N–H and O–H groups in total. The maximum absolute atomic E-state index is 8.45. The van der Waals surface area contributed by atoms with E-state index in [1.807, 2.05) is 30.3 Å². The van der Waals surface area contributed by atoms with Crippen molar-refractivity contribution in [2.45, 2.75) is 12.8 Å². The van der Waals surface area contributed by atoms with Crippen LogP contribution in [0.15, 0.2) is 24.3 Å². The molecule has 0 saturated carbocycles. The van der Waals surface area contributed by atoms with Gasteiger partial charge in [-0.1, -0.05) is 24.0 Å². The van der Waals surface area contributed by atoms with Gasteiger partial charge in [0.2, 0.25) is 0 Å². The van der Waals surface area contributed by atoms with E-state index in [0.717, 1.165) is 11.1 Å². The fourth-order valence-corrected chi connectivity index (χ4v) is 0.983. The summed E-state index contributed by atoms with van der Waals surface area (Å²) in [5, 5.41) is 16.7. The number of hydrogen-bond donors (Lipinski definition) is 0. The normalized spacial score (nSPS) is 7.86. The second kappa shape index (κ2) is 5.41. The van der Waals surface area contributed by atoms with Gasteiger partial charge in [0.1, 0.15) is 0 Å². The molecule has 0 atom stereocenters. The molecule has 0 aliphatic carbocycles. The van der Waals surface area contributed by atoms with Gasteiger partial charge in [-0.15, -0.1) is 0 Å². The Bertz CT molecular complexity index is 432. The van der Waals surface area contributed by atoms with Crippen molar-refractivity contribution >= 4 is 0 Å². The van der Waals surface area contributed by atoms with Crippen LogP contribution in [0.3, 0.4) is 0 Å². The SMILES string of the molecule is N#CCC#Cc1ccc(CC#N)cc1. The predicted molar refractivity (Wildman–Crippen MR) is 52.9 cm³/mol. The van der Waals surface area contributed by atoms with E-state index in [1.165, 1.54) is 0 Å². The molecule has 0 bridgehead atoms. The molecule has 0 spiro atoms. The Labute approximate surface area is 83.4 Å². The molecule has 0 aromatic heterocycles. The van der Waals surface area contributed by atoms with Crippen LogP contribution in [-0.2, 0) is 6.42 Å². The molecule has 0 aliphatic rings. The Morgan fingerprint density at radius 1 is 1.00 bits per heavy atom. The fraction of sp³-hybridized carbons (Fsp3) is 0.167. The minimum absolute atomic E-state index is 0.250. The van der Waals surface area contributed by atoms with Gasteiger partial charge in [-0.05, 0) is 17.7 Å². The topological polar surface area (TPSA) is 47.6 Å². The molecule has 66 valence electrons. The summed E-state index contributed by atoms with van der Waals surface area (Å²) in [7, 11) is 0. The summed E-state index contributed by atoms with van der Waals surface area (Å²) in [5.74, 6) is 5.59. The van der Waals surface area contributed by atoms with Crippen LogP contribution in [0.4, 0.5) is 0 Å². The zero-order valence-corrected chi connectivity index (χ0v) is 7.62. The Kier molecular flexibility index (Phi) is 3.81. The quantitative estimate of drug-likeness (QED) is 0.621. The van der Waals surface area contributed by atoms with Crippen LogP contribution in [0.25, 0.3) is 0 Å². The Hall–Kier alpha value is -2.24. The van der Waals surface area contributed by atoms with Crippen molar-refractivity contribution in [1.82, 2.24) is 0 Å². The van der Waals surface area contributed by atoms with E-state index in [9.17, 15) is 0 Å². The minimum Gasteiger partial charge on any atom is -0.198 e. The number of nitriles is 2. The van der Waals surface area contributed by atoms with Crippen LogP contribution in [0.5, 0.6) is 0 Å². The average Bonchev–Trinajstić information content (AvgIpc) is 2.21. The number of nitrogens with zero attached hydrogens (tertiary/aromatic N) is 2. The molecule has 2 nitrogen and oxygen atoms in total. The highest BCUT2D eigenvalue weighted by atomic mass is 14.2. The van der Waals surface area contributed by atoms with Crippen molar-refractivity contribution in [2.75, 3.05) is 0 Å². The Morgan fingerprint density at radius 2 is 1.71 bits per heavy atom. The lowest BCUT2D eigenvalue weighted by atomic mass is 10.1. The van der Waals surface area contributed by atoms with Gasteiger partial charge in [0, 0.05) is 5.56 Å². The lowest BCUT2D eigenvalue weighted by molar-refractivity contribution is 1.26. The van der Waals surface area contributed by atoms with Crippen molar-refractivity contribution in [1.29, 1.82) is 10.5 Å². The largest absolute Gasteiger partial charge is 0.198 e. The van der Waals surface area contributed by atoms with E-state index < -0.39 is 0 Å². The van der Waals surface area contributed by atoms with Crippen LogP contribution in [0.1, 0.15) is 17.5 Å². The van der Waals surface area contributed by atoms with Gasteiger partial charge < -0.3 is 0 Å². The zero-order valence-electron chi connectivity index (χ0n) is 7.62. The third-order valence-corrected chi connectivity index (χ3v) is 1.64. The van der Waals surface area contributed by atoms with Crippen molar-refractivity contribution in [3.63, 3.8) is 0 Å². The van der Waals surface area contributed by atoms with Gasteiger partial charge in [-0.2, -0.15) is 10.5 Å². The van der Waals surface area contributed by atoms with Crippen molar-refractivity contribution < 1.29 is 0 Å². The summed E-state index contributed by atoms with van der Waals surface area (Å²) < 4.78 is 0. The molecule has 14 heavy (non-hydrogen) atoms. The molecule has 1 aromatic rings. The van der Waals surface area contributed by atoms with Crippen molar-refractivity contribution in [3.05, 3.63) is 35.4 Å². The summed E-state index contributed by atoms with van der Waals surface area (Å²) in [4.78, 5) is 0. The highest BCUT2D eigenvalue weighted by Gasteiger charge is 1.90. The summed E-state index contributed by atoms with van der Waals surface area (Å²) in [6.45, 7) is 0. The van der Waals surface area contributed by atoms with Gasteiger partial charge in [0.25, 0.3) is 0 Å². The first kappa shape index (κ1) is 9.85. The molecule has 0 amide bonds. The summed E-state index contributed by atoms with van der Waals surface area (Å²) in [6.07, 6.45) is 0.672. The number of hydrogen-bond acceptors (Lipinski definition) is 2. The van der Waals surface area contributed by atoms with E-state index in [2.05, 4.69) is 17.9 Å². The highest BCUT2D eigenvalue weighted by molar-refractivity contribution is 5.37. The van der Waals surface area contributed by atoms with E-state index in [0.29, 0.717) is 6.42 Å². The summed E-state index contributed by atoms with van der Waals surface area (Å²) >= 11 is 0. The zero-order chi connectivity index (χ0) is 10.2. The molecule has 1 rings (SSSR count). The van der Waals surface area contributed by atoms with E-state index in [1.54, 1.807) is 0 Å². The minimum atomic E-state index is 0.250. The smallest absolute Gasteiger partial charge is 0.0966 e. The predicted octanol–water partition coefficient (Wildman–Crippen LogP) is 2.02. The van der Waals surface area contributed by atoms with Gasteiger partial charge >= 0.3 is 0 Å². The van der Waals surface area contributed by atoms with Crippen LogP contribution < -0.4 is 0 Å². The molecule has 0 unspecified atom stereocenters. The second-order valence-corrected chi connectivity index (χ2v) is 2.67. The number of benzene rings is 1. The molecule has 0 heterocycles. The van der Waals surface area contributed by atoms with Crippen LogP contribution in [0.2, 0.25) is 0 Å². The fourth-order valence-electron chi connectivity index (χ4n) is 0.983. The molecular weight excluding hydrogens is 172 g/mol. The third-order valence-electron chi connectivity index (χ3n) is 1.64. The lowest BCUT2D eigenvalue weighted by Gasteiger charge is -1.93. The van der Waals surface area contributed by atoms with Crippen LogP contribution >= 0.6 is 0 Å². The van der Waals surface area contributed by atoms with Crippen LogP contribution in [-0.4, -0.2) is 0 Å². The Balaban J connectivity index is 2.72. The highest BCUT2D eigenvalue weighted by Crippen LogP contribution is 2.03. The van der Waals surface area contributed by atoms with Crippen molar-refractivity contribution in [2.24, 2.45) is 0 Å². The van der Waals surface area contributed by atoms with Gasteiger partial charge in [-0.3, -0.25) is 0 Å². The van der Waals surface area contributed by atoms with E-state index in [-0.39, 0.29) is 6.42 Å². The summed E-state index contributed by atoms with van der Waals surface area (Å²) in [5.41, 5.74) is 1.86. The lowest BCUT2D eigenvalue weighted by Crippen LogP contribution is -1.81. The van der Waals surface area contributed by atoms with E-state index >= 15 is 0 Å².